The van der Waals surface area contributed by atoms with Crippen LogP contribution in [0.25, 0.3) is 98.8 Å². The Kier molecular flexibility index (Phi) is 6.08. The van der Waals surface area contributed by atoms with Crippen LogP contribution in [-0.2, 0) is 5.41 Å². The second-order valence-corrected chi connectivity index (χ2v) is 14.8. The van der Waals surface area contributed by atoms with Crippen LogP contribution in [0, 0.1) is 0 Å². The molecular weight excluding hydrogens is 629 g/mol. The van der Waals surface area contributed by atoms with Crippen molar-refractivity contribution in [3.05, 3.63) is 181 Å². The quantitative estimate of drug-likeness (QED) is 0.172. The first kappa shape index (κ1) is 29.3. The van der Waals surface area contributed by atoms with Gasteiger partial charge in [0.1, 0.15) is 11.2 Å². The van der Waals surface area contributed by atoms with Gasteiger partial charge in [-0.3, -0.25) is 0 Å². The largest absolute Gasteiger partial charge is 0.455 e. The SMILES string of the molecule is CC1(C)c2ccc(-c3ccc(-c4c5ccccc5c(-c5cccc6c5oc5ccccc56)c5ccccc45)cc3)cc2-c2ccc3ccccc3c21. The molecule has 52 heavy (non-hydrogen) atoms. The lowest BCUT2D eigenvalue weighted by Crippen LogP contribution is -2.15. The lowest BCUT2D eigenvalue weighted by atomic mass is 9.80. The number of hydrogen-bond donors (Lipinski definition) is 0. The van der Waals surface area contributed by atoms with Crippen molar-refractivity contribution in [3.63, 3.8) is 0 Å². The Hall–Kier alpha value is -6.44. The molecular formula is C51H34O. The van der Waals surface area contributed by atoms with Crippen LogP contribution in [-0.4, -0.2) is 0 Å². The minimum absolute atomic E-state index is 0.0574. The van der Waals surface area contributed by atoms with Crippen molar-refractivity contribution >= 4 is 54.3 Å². The molecule has 1 heteroatoms. The standard InChI is InChI=1S/C51H34O/c1-51(2)45-29-27-34(30-44(45)41-28-26-32-12-3-4-13-35(32)49(41)51)31-22-24-33(25-23-31)47-37-15-5-7-17-39(37)48(40-18-8-6-16-38(40)47)43-20-11-19-42-36-14-9-10-21-46(36)52-50(42)43/h3-30H,1-2H3. The summed E-state index contributed by atoms with van der Waals surface area (Å²) in [6, 6.07) is 62.3. The van der Waals surface area contributed by atoms with Crippen molar-refractivity contribution in [2.24, 2.45) is 0 Å². The van der Waals surface area contributed by atoms with Crippen molar-refractivity contribution < 1.29 is 4.42 Å². The van der Waals surface area contributed by atoms with Gasteiger partial charge in [0, 0.05) is 27.3 Å². The van der Waals surface area contributed by atoms with E-state index >= 15 is 0 Å². The number of furan rings is 1. The zero-order chi connectivity index (χ0) is 34.6. The fourth-order valence-corrected chi connectivity index (χ4v) is 9.30. The maximum absolute atomic E-state index is 6.58. The van der Waals surface area contributed by atoms with Crippen LogP contribution in [0.5, 0.6) is 0 Å². The van der Waals surface area contributed by atoms with Gasteiger partial charge < -0.3 is 4.42 Å². The number of para-hydroxylation sites is 2. The molecule has 1 aliphatic rings. The van der Waals surface area contributed by atoms with Gasteiger partial charge in [-0.2, -0.15) is 0 Å². The van der Waals surface area contributed by atoms with Gasteiger partial charge in [0.2, 0.25) is 0 Å². The molecule has 1 heterocycles. The van der Waals surface area contributed by atoms with Gasteiger partial charge >= 0.3 is 0 Å². The first-order valence-electron chi connectivity index (χ1n) is 18.2. The first-order chi connectivity index (χ1) is 25.6. The molecule has 0 atom stereocenters. The molecule has 244 valence electrons. The molecule has 0 fully saturated rings. The van der Waals surface area contributed by atoms with E-state index in [1.54, 1.807) is 0 Å². The molecule has 0 aliphatic heterocycles. The van der Waals surface area contributed by atoms with E-state index in [-0.39, 0.29) is 5.41 Å². The van der Waals surface area contributed by atoms with Crippen molar-refractivity contribution in [3.8, 4) is 44.5 Å². The summed E-state index contributed by atoms with van der Waals surface area (Å²) in [5.74, 6) is 0. The van der Waals surface area contributed by atoms with Crippen molar-refractivity contribution in [1.82, 2.24) is 0 Å². The van der Waals surface area contributed by atoms with Crippen LogP contribution >= 0.6 is 0 Å². The van der Waals surface area contributed by atoms with E-state index in [0.29, 0.717) is 0 Å². The highest BCUT2D eigenvalue weighted by atomic mass is 16.3. The molecule has 0 spiro atoms. The van der Waals surface area contributed by atoms with E-state index in [4.69, 9.17) is 4.42 Å². The molecule has 1 nitrogen and oxygen atoms in total. The van der Waals surface area contributed by atoms with Crippen LogP contribution in [0.2, 0.25) is 0 Å². The third kappa shape index (κ3) is 4.05. The normalized spacial score (nSPS) is 13.3. The summed E-state index contributed by atoms with van der Waals surface area (Å²) in [7, 11) is 0. The average molecular weight is 663 g/mol. The van der Waals surface area contributed by atoms with E-state index in [1.165, 1.54) is 82.4 Å². The predicted octanol–water partition coefficient (Wildman–Crippen LogP) is 14.4. The highest BCUT2D eigenvalue weighted by molar-refractivity contribution is 6.24. The molecule has 0 unspecified atom stereocenters. The second kappa shape index (κ2) is 10.8. The molecule has 9 aromatic carbocycles. The average Bonchev–Trinajstić information content (AvgIpc) is 3.69. The van der Waals surface area contributed by atoms with Crippen LogP contribution < -0.4 is 0 Å². The van der Waals surface area contributed by atoms with Gasteiger partial charge in [0.05, 0.1) is 0 Å². The summed E-state index contributed by atoms with van der Waals surface area (Å²) in [5, 5.41) is 9.87. The minimum atomic E-state index is -0.0574. The van der Waals surface area contributed by atoms with Crippen LogP contribution in [0.3, 0.4) is 0 Å². The first-order valence-corrected chi connectivity index (χ1v) is 18.2. The fraction of sp³-hybridized carbons (Fsp3) is 0.0588. The molecule has 11 rings (SSSR count). The highest BCUT2D eigenvalue weighted by Gasteiger charge is 2.37. The Bertz CT molecular complexity index is 3030. The molecule has 0 saturated carbocycles. The Labute approximate surface area is 302 Å². The third-order valence-corrected chi connectivity index (χ3v) is 11.6. The second-order valence-electron chi connectivity index (χ2n) is 14.8. The summed E-state index contributed by atoms with van der Waals surface area (Å²) in [6.45, 7) is 4.74. The number of hydrogen-bond acceptors (Lipinski definition) is 1. The third-order valence-electron chi connectivity index (χ3n) is 11.6. The van der Waals surface area contributed by atoms with E-state index in [2.05, 4.69) is 178 Å². The van der Waals surface area contributed by atoms with Gasteiger partial charge in [-0.15, -0.1) is 0 Å². The summed E-state index contributed by atoms with van der Waals surface area (Å²) in [6.07, 6.45) is 0. The maximum atomic E-state index is 6.58. The van der Waals surface area contributed by atoms with Crippen LogP contribution in [0.15, 0.2) is 174 Å². The summed E-state index contributed by atoms with van der Waals surface area (Å²) in [4.78, 5) is 0. The van der Waals surface area contributed by atoms with Gasteiger partial charge in [-0.05, 0) is 89.0 Å². The maximum Gasteiger partial charge on any atom is 0.143 e. The topological polar surface area (TPSA) is 13.1 Å². The Morgan fingerprint density at radius 3 is 1.69 bits per heavy atom. The summed E-state index contributed by atoms with van der Waals surface area (Å²) >= 11 is 0. The van der Waals surface area contributed by atoms with Gasteiger partial charge in [0.15, 0.2) is 0 Å². The number of rotatable bonds is 3. The number of fused-ring (bicyclic) bond motifs is 10. The molecule has 1 aromatic heterocycles. The van der Waals surface area contributed by atoms with E-state index in [0.717, 1.165) is 27.5 Å². The van der Waals surface area contributed by atoms with Crippen LogP contribution in [0.4, 0.5) is 0 Å². The number of benzene rings is 9. The zero-order valence-electron chi connectivity index (χ0n) is 29.1. The Morgan fingerprint density at radius 2 is 0.962 bits per heavy atom. The molecule has 0 saturated heterocycles. The molecule has 0 bridgehead atoms. The van der Waals surface area contributed by atoms with E-state index in [9.17, 15) is 0 Å². The molecule has 0 radical (unpaired) electrons. The zero-order valence-corrected chi connectivity index (χ0v) is 29.1. The van der Waals surface area contributed by atoms with Crippen molar-refractivity contribution in [2.75, 3.05) is 0 Å². The monoisotopic (exact) mass is 662 g/mol. The van der Waals surface area contributed by atoms with E-state index < -0.39 is 0 Å². The fourth-order valence-electron chi connectivity index (χ4n) is 9.30. The van der Waals surface area contributed by atoms with Crippen LogP contribution in [0.1, 0.15) is 25.0 Å². The molecule has 10 aromatic rings. The Morgan fingerprint density at radius 1 is 0.385 bits per heavy atom. The lowest BCUT2D eigenvalue weighted by Gasteiger charge is -2.23. The smallest absolute Gasteiger partial charge is 0.143 e. The summed E-state index contributed by atoms with van der Waals surface area (Å²) < 4.78 is 6.58. The van der Waals surface area contributed by atoms with E-state index in [1.807, 2.05) is 6.07 Å². The van der Waals surface area contributed by atoms with Gasteiger partial charge in [-0.25, -0.2) is 0 Å². The molecule has 1 aliphatic carbocycles. The van der Waals surface area contributed by atoms with Gasteiger partial charge in [-0.1, -0.05) is 172 Å². The van der Waals surface area contributed by atoms with Crippen molar-refractivity contribution in [1.29, 1.82) is 0 Å². The predicted molar refractivity (Wildman–Crippen MR) is 220 cm³/mol. The summed E-state index contributed by atoms with van der Waals surface area (Å²) in [5.41, 5.74) is 14.6. The van der Waals surface area contributed by atoms with Crippen molar-refractivity contribution in [2.45, 2.75) is 19.3 Å². The lowest BCUT2D eigenvalue weighted by molar-refractivity contribution is 0.666. The minimum Gasteiger partial charge on any atom is -0.455 e. The molecule has 0 N–H and O–H groups in total. The van der Waals surface area contributed by atoms with Gasteiger partial charge in [0.25, 0.3) is 0 Å². The molecule has 0 amide bonds. The Balaban J connectivity index is 1.07. The highest BCUT2D eigenvalue weighted by Crippen LogP contribution is 2.52.